The molecule has 2 amide bonds. The van der Waals surface area contributed by atoms with E-state index in [1.165, 1.54) is 24.3 Å². The zero-order valence-corrected chi connectivity index (χ0v) is 11.8. The van der Waals surface area contributed by atoms with Gasteiger partial charge in [-0.1, -0.05) is 18.2 Å². The summed E-state index contributed by atoms with van der Waals surface area (Å²) in [5, 5.41) is 6.24. The van der Waals surface area contributed by atoms with Crippen molar-refractivity contribution >= 4 is 28.3 Å². The molecule has 23 heavy (non-hydrogen) atoms. The van der Waals surface area contributed by atoms with Crippen LogP contribution in [0.25, 0.3) is 10.9 Å². The smallest absolute Gasteiger partial charge is 0.387 e. The Hall–Kier alpha value is -3.09. The van der Waals surface area contributed by atoms with Crippen LogP contribution in [0.15, 0.2) is 54.7 Å². The van der Waals surface area contributed by atoms with Gasteiger partial charge in [-0.25, -0.2) is 4.79 Å². The molecule has 3 N–H and O–H groups in total. The lowest BCUT2D eigenvalue weighted by Crippen LogP contribution is -2.19. The van der Waals surface area contributed by atoms with Crippen molar-refractivity contribution in [1.82, 2.24) is 4.98 Å². The van der Waals surface area contributed by atoms with Crippen molar-refractivity contribution in [3.05, 3.63) is 54.7 Å². The molecule has 0 bridgehead atoms. The van der Waals surface area contributed by atoms with Crippen molar-refractivity contribution in [3.8, 4) is 5.75 Å². The number of nitrogens with one attached hydrogen (secondary N) is 3. The van der Waals surface area contributed by atoms with Crippen LogP contribution in [0.2, 0.25) is 0 Å². The van der Waals surface area contributed by atoms with Gasteiger partial charge in [-0.3, -0.25) is 0 Å². The molecule has 1 aromatic heterocycles. The normalized spacial score (nSPS) is 10.7. The fourth-order valence-corrected chi connectivity index (χ4v) is 2.18. The molecule has 0 aliphatic rings. The maximum atomic E-state index is 12.1. The Morgan fingerprint density at radius 3 is 2.52 bits per heavy atom. The van der Waals surface area contributed by atoms with Crippen LogP contribution in [-0.4, -0.2) is 17.6 Å². The molecule has 118 valence electrons. The van der Waals surface area contributed by atoms with Crippen LogP contribution in [-0.2, 0) is 0 Å². The van der Waals surface area contributed by atoms with Gasteiger partial charge in [-0.05, 0) is 30.3 Å². The predicted octanol–water partition coefficient (Wildman–Crippen LogP) is 4.41. The van der Waals surface area contributed by atoms with Gasteiger partial charge in [0.05, 0.1) is 5.69 Å². The minimum absolute atomic E-state index is 0.0302. The summed E-state index contributed by atoms with van der Waals surface area (Å²) in [4.78, 5) is 15.1. The van der Waals surface area contributed by atoms with Crippen LogP contribution in [0.5, 0.6) is 5.75 Å². The number of rotatable bonds is 4. The number of halogens is 2. The molecule has 0 radical (unpaired) electrons. The number of alkyl halides is 2. The second-order valence-electron chi connectivity index (χ2n) is 4.73. The Balaban J connectivity index is 1.65. The minimum atomic E-state index is -2.88. The fraction of sp³-hybridized carbons (Fsp3) is 0.0625. The molecule has 7 heteroatoms. The van der Waals surface area contributed by atoms with Gasteiger partial charge in [0.15, 0.2) is 0 Å². The zero-order valence-electron chi connectivity index (χ0n) is 11.8. The van der Waals surface area contributed by atoms with E-state index in [1.54, 1.807) is 6.20 Å². The van der Waals surface area contributed by atoms with E-state index in [-0.39, 0.29) is 5.75 Å². The molecule has 0 atom stereocenters. The molecule has 0 spiro atoms. The van der Waals surface area contributed by atoms with Crippen molar-refractivity contribution in [3.63, 3.8) is 0 Å². The number of urea groups is 1. The van der Waals surface area contributed by atoms with Gasteiger partial charge >= 0.3 is 12.6 Å². The molecule has 0 aliphatic heterocycles. The Kier molecular flexibility index (Phi) is 4.09. The fourth-order valence-electron chi connectivity index (χ4n) is 2.18. The summed E-state index contributed by atoms with van der Waals surface area (Å²) < 4.78 is 28.4. The van der Waals surface area contributed by atoms with Gasteiger partial charge in [0.1, 0.15) is 5.75 Å². The van der Waals surface area contributed by atoms with Crippen LogP contribution in [0, 0.1) is 0 Å². The average Bonchev–Trinajstić information content (AvgIpc) is 2.92. The Morgan fingerprint density at radius 1 is 1.04 bits per heavy atom. The quantitative estimate of drug-likeness (QED) is 0.667. The van der Waals surface area contributed by atoms with E-state index < -0.39 is 12.6 Å². The van der Waals surface area contributed by atoms with Crippen molar-refractivity contribution in [1.29, 1.82) is 0 Å². The molecule has 3 aromatic rings. The molecule has 0 saturated heterocycles. The summed E-state index contributed by atoms with van der Waals surface area (Å²) in [5.74, 6) is 0.0302. The van der Waals surface area contributed by atoms with Crippen LogP contribution in [0.4, 0.5) is 25.0 Å². The molecule has 0 unspecified atom stereocenters. The zero-order chi connectivity index (χ0) is 16.2. The highest BCUT2D eigenvalue weighted by molar-refractivity contribution is 6.05. The lowest BCUT2D eigenvalue weighted by molar-refractivity contribution is -0.0498. The van der Waals surface area contributed by atoms with Gasteiger partial charge in [0.25, 0.3) is 0 Å². The number of benzene rings is 2. The number of hydrogen-bond donors (Lipinski definition) is 3. The first-order chi connectivity index (χ1) is 11.1. The number of ether oxygens (including phenoxy) is 1. The summed E-state index contributed by atoms with van der Waals surface area (Å²) in [6.07, 6.45) is 1.70. The molecule has 0 saturated carbocycles. The van der Waals surface area contributed by atoms with E-state index >= 15 is 0 Å². The third-order valence-electron chi connectivity index (χ3n) is 3.17. The van der Waals surface area contributed by atoms with Gasteiger partial charge < -0.3 is 20.4 Å². The molecule has 1 heterocycles. The van der Waals surface area contributed by atoms with Crippen LogP contribution < -0.4 is 15.4 Å². The topological polar surface area (TPSA) is 66.2 Å². The summed E-state index contributed by atoms with van der Waals surface area (Å²) in [6.45, 7) is -2.88. The van der Waals surface area contributed by atoms with E-state index in [0.29, 0.717) is 11.4 Å². The van der Waals surface area contributed by atoms with Crippen LogP contribution in [0.1, 0.15) is 0 Å². The highest BCUT2D eigenvalue weighted by Gasteiger charge is 2.08. The molecular formula is C16H13F2N3O2. The summed E-state index contributed by atoms with van der Waals surface area (Å²) in [7, 11) is 0. The summed E-state index contributed by atoms with van der Waals surface area (Å²) in [6, 6.07) is 12.8. The number of carbonyl (C=O) groups excluding carboxylic acids is 1. The number of anilines is 2. The number of aromatic nitrogens is 1. The summed E-state index contributed by atoms with van der Waals surface area (Å²) >= 11 is 0. The third kappa shape index (κ3) is 3.57. The second-order valence-corrected chi connectivity index (χ2v) is 4.73. The number of fused-ring (bicyclic) bond motifs is 1. The SMILES string of the molecule is O=C(Nc1ccc(OC(F)F)cc1)Nc1c[nH]c2ccccc12. The second kappa shape index (κ2) is 6.35. The average molecular weight is 317 g/mol. The van der Waals surface area contributed by atoms with Crippen LogP contribution in [0.3, 0.4) is 0 Å². The number of carbonyl (C=O) groups is 1. The van der Waals surface area contributed by atoms with Gasteiger partial charge in [0.2, 0.25) is 0 Å². The highest BCUT2D eigenvalue weighted by Crippen LogP contribution is 2.23. The van der Waals surface area contributed by atoms with Gasteiger partial charge in [-0.15, -0.1) is 0 Å². The first kappa shape index (κ1) is 14.8. The van der Waals surface area contributed by atoms with Crippen LogP contribution >= 0.6 is 0 Å². The maximum absolute atomic E-state index is 12.1. The number of H-pyrrole nitrogens is 1. The first-order valence-corrected chi connectivity index (χ1v) is 6.81. The molecule has 0 aliphatic carbocycles. The third-order valence-corrected chi connectivity index (χ3v) is 3.17. The molecule has 3 rings (SSSR count). The largest absolute Gasteiger partial charge is 0.435 e. The van der Waals surface area contributed by atoms with E-state index in [0.717, 1.165) is 10.9 Å². The Labute approximate surface area is 130 Å². The van der Waals surface area contributed by atoms with E-state index in [1.807, 2.05) is 24.3 Å². The maximum Gasteiger partial charge on any atom is 0.387 e. The van der Waals surface area contributed by atoms with Crippen molar-refractivity contribution in [2.75, 3.05) is 10.6 Å². The van der Waals surface area contributed by atoms with Crippen molar-refractivity contribution < 1.29 is 18.3 Å². The Bertz CT molecular complexity index is 816. The number of amides is 2. The molecule has 0 fully saturated rings. The predicted molar refractivity (Wildman–Crippen MR) is 84.0 cm³/mol. The van der Waals surface area contributed by atoms with Crippen molar-refractivity contribution in [2.24, 2.45) is 0 Å². The standard InChI is InChI=1S/C16H13F2N3O2/c17-15(18)23-11-7-5-10(6-8-11)20-16(22)21-14-9-19-13-4-2-1-3-12(13)14/h1-9,15,19H,(H2,20,21,22). The van der Waals surface area contributed by atoms with Crippen molar-refractivity contribution in [2.45, 2.75) is 6.61 Å². The lowest BCUT2D eigenvalue weighted by Gasteiger charge is -2.08. The van der Waals surface area contributed by atoms with E-state index in [9.17, 15) is 13.6 Å². The van der Waals surface area contributed by atoms with Gasteiger partial charge in [-0.2, -0.15) is 8.78 Å². The first-order valence-electron chi connectivity index (χ1n) is 6.81. The molecule has 2 aromatic carbocycles. The number of aromatic amines is 1. The molecular weight excluding hydrogens is 304 g/mol. The number of hydrogen-bond acceptors (Lipinski definition) is 2. The van der Waals surface area contributed by atoms with E-state index in [4.69, 9.17) is 0 Å². The minimum Gasteiger partial charge on any atom is -0.435 e. The molecule has 5 nitrogen and oxygen atoms in total. The Morgan fingerprint density at radius 2 is 1.78 bits per heavy atom. The van der Waals surface area contributed by atoms with E-state index in [2.05, 4.69) is 20.4 Å². The lowest BCUT2D eigenvalue weighted by atomic mass is 10.2. The van der Waals surface area contributed by atoms with Gasteiger partial charge in [0, 0.05) is 22.8 Å². The highest BCUT2D eigenvalue weighted by atomic mass is 19.3. The monoisotopic (exact) mass is 317 g/mol. The number of para-hydroxylation sites is 1. The summed E-state index contributed by atoms with van der Waals surface area (Å²) in [5.41, 5.74) is 2.02.